The Kier molecular flexibility index (Phi) is 7.83. The maximum absolute atomic E-state index is 13.1. The lowest BCUT2D eigenvalue weighted by Gasteiger charge is -2.20. The summed E-state index contributed by atoms with van der Waals surface area (Å²) in [5.74, 6) is 0.255. The lowest BCUT2D eigenvalue weighted by Crippen LogP contribution is -2.36. The van der Waals surface area contributed by atoms with E-state index in [9.17, 15) is 14.7 Å². The summed E-state index contributed by atoms with van der Waals surface area (Å²) in [5.41, 5.74) is 1.11. The van der Waals surface area contributed by atoms with Gasteiger partial charge in [0.05, 0.1) is 26.4 Å². The highest BCUT2D eigenvalue weighted by Crippen LogP contribution is 2.36. The van der Waals surface area contributed by atoms with Crippen LogP contribution in [0.1, 0.15) is 18.9 Å². The van der Waals surface area contributed by atoms with Crippen molar-refractivity contribution in [3.8, 4) is 11.5 Å². The molecule has 1 heterocycles. The monoisotopic (exact) mass is 392 g/mol. The molecule has 1 aromatic rings. The average Bonchev–Trinajstić information content (AvgIpc) is 2.95. The first-order valence-electron chi connectivity index (χ1n) is 9.22. The summed E-state index contributed by atoms with van der Waals surface area (Å²) >= 11 is 0. The molecule has 154 valence electrons. The number of aliphatic hydroxyl groups is 1. The van der Waals surface area contributed by atoms with Gasteiger partial charge in [0.25, 0.3) is 11.8 Å². The SMILES string of the molecule is CCOCCCN1C(=O)C(c2ccc(OC)c(OC)c2)=C(N(C)CCO)C1=O. The molecule has 1 aromatic carbocycles. The maximum Gasteiger partial charge on any atom is 0.277 e. The van der Waals surface area contributed by atoms with Crippen LogP contribution in [0.15, 0.2) is 23.9 Å². The van der Waals surface area contributed by atoms with E-state index in [1.807, 2.05) is 6.92 Å². The van der Waals surface area contributed by atoms with E-state index in [1.165, 1.54) is 19.1 Å². The molecule has 8 heteroatoms. The van der Waals surface area contributed by atoms with E-state index < -0.39 is 0 Å². The van der Waals surface area contributed by atoms with Gasteiger partial charge in [-0.1, -0.05) is 6.07 Å². The Bertz CT molecular complexity index is 746. The fourth-order valence-corrected chi connectivity index (χ4v) is 3.10. The van der Waals surface area contributed by atoms with Gasteiger partial charge in [0, 0.05) is 33.4 Å². The van der Waals surface area contributed by atoms with Gasteiger partial charge in [0.15, 0.2) is 11.5 Å². The number of carbonyl (C=O) groups is 2. The minimum Gasteiger partial charge on any atom is -0.493 e. The molecule has 0 radical (unpaired) electrons. The highest BCUT2D eigenvalue weighted by atomic mass is 16.5. The van der Waals surface area contributed by atoms with Crippen LogP contribution in [-0.2, 0) is 14.3 Å². The Morgan fingerprint density at radius 1 is 1.11 bits per heavy atom. The predicted molar refractivity (Wildman–Crippen MR) is 104 cm³/mol. The van der Waals surface area contributed by atoms with Gasteiger partial charge in [-0.05, 0) is 31.0 Å². The first-order chi connectivity index (χ1) is 13.5. The van der Waals surface area contributed by atoms with Gasteiger partial charge >= 0.3 is 0 Å². The number of aliphatic hydroxyl groups excluding tert-OH is 1. The summed E-state index contributed by atoms with van der Waals surface area (Å²) in [6, 6.07) is 5.09. The third-order valence-corrected chi connectivity index (χ3v) is 4.51. The third kappa shape index (κ3) is 4.45. The highest BCUT2D eigenvalue weighted by molar-refractivity contribution is 6.35. The number of carbonyl (C=O) groups excluding carboxylic acids is 2. The summed E-state index contributed by atoms with van der Waals surface area (Å²) < 4.78 is 15.9. The Balaban J connectivity index is 2.43. The van der Waals surface area contributed by atoms with Crippen molar-refractivity contribution in [3.05, 3.63) is 29.5 Å². The molecule has 2 amide bonds. The van der Waals surface area contributed by atoms with Gasteiger partial charge in [0.2, 0.25) is 0 Å². The van der Waals surface area contributed by atoms with Crippen molar-refractivity contribution in [2.75, 3.05) is 54.2 Å². The van der Waals surface area contributed by atoms with Crippen molar-refractivity contribution in [1.82, 2.24) is 9.80 Å². The molecule has 0 atom stereocenters. The van der Waals surface area contributed by atoms with Crippen LogP contribution >= 0.6 is 0 Å². The molecule has 0 fully saturated rings. The first-order valence-corrected chi connectivity index (χ1v) is 9.22. The van der Waals surface area contributed by atoms with Crippen LogP contribution in [0.25, 0.3) is 5.57 Å². The molecule has 28 heavy (non-hydrogen) atoms. The summed E-state index contributed by atoms with van der Waals surface area (Å²) in [5, 5.41) is 9.30. The lowest BCUT2D eigenvalue weighted by molar-refractivity contribution is -0.137. The van der Waals surface area contributed by atoms with Gasteiger partial charge < -0.3 is 24.2 Å². The number of amides is 2. The van der Waals surface area contributed by atoms with Gasteiger partial charge in [-0.3, -0.25) is 14.5 Å². The number of benzene rings is 1. The van der Waals surface area contributed by atoms with Crippen molar-refractivity contribution < 1.29 is 28.9 Å². The molecule has 0 saturated heterocycles. The van der Waals surface area contributed by atoms with Crippen LogP contribution in [0.4, 0.5) is 0 Å². The van der Waals surface area contributed by atoms with Crippen LogP contribution in [0.3, 0.4) is 0 Å². The Labute approximate surface area is 165 Å². The highest BCUT2D eigenvalue weighted by Gasteiger charge is 2.40. The fourth-order valence-electron chi connectivity index (χ4n) is 3.10. The molecule has 0 spiro atoms. The molecule has 1 aliphatic rings. The second-order valence-corrected chi connectivity index (χ2v) is 6.25. The predicted octanol–water partition coefficient (Wildman–Crippen LogP) is 1.13. The maximum atomic E-state index is 13.1. The third-order valence-electron chi connectivity index (χ3n) is 4.51. The van der Waals surface area contributed by atoms with Crippen LogP contribution in [0, 0.1) is 0 Å². The zero-order valence-electron chi connectivity index (χ0n) is 16.9. The number of hydrogen-bond donors (Lipinski definition) is 1. The standard InChI is InChI=1S/C20H28N2O6/c1-5-28-12-6-9-22-19(24)17(18(20(22)25)21(2)10-11-23)14-7-8-15(26-3)16(13-14)27-4/h7-8,13,23H,5-6,9-12H2,1-4H3. The molecule has 0 aliphatic carbocycles. The minimum atomic E-state index is -0.373. The van der Waals surface area contributed by atoms with Crippen LogP contribution in [0.5, 0.6) is 11.5 Å². The minimum absolute atomic E-state index is 0.134. The van der Waals surface area contributed by atoms with Crippen LogP contribution in [0.2, 0.25) is 0 Å². The Hall–Kier alpha value is -2.58. The van der Waals surface area contributed by atoms with Gasteiger partial charge in [-0.2, -0.15) is 0 Å². The molecular formula is C20H28N2O6. The van der Waals surface area contributed by atoms with E-state index in [0.717, 1.165) is 0 Å². The summed E-state index contributed by atoms with van der Waals surface area (Å²) in [7, 11) is 4.72. The molecule has 0 saturated carbocycles. The number of ether oxygens (including phenoxy) is 3. The fraction of sp³-hybridized carbons (Fsp3) is 0.500. The number of likely N-dealkylation sites (N-methyl/N-ethyl adjacent to an activating group) is 1. The number of imide groups is 1. The largest absolute Gasteiger partial charge is 0.493 e. The summed E-state index contributed by atoms with van der Waals surface area (Å²) in [6.07, 6.45) is 0.557. The molecule has 8 nitrogen and oxygen atoms in total. The number of methoxy groups -OCH3 is 2. The lowest BCUT2D eigenvalue weighted by atomic mass is 10.0. The smallest absolute Gasteiger partial charge is 0.277 e. The van der Waals surface area contributed by atoms with Crippen molar-refractivity contribution in [2.45, 2.75) is 13.3 Å². The molecule has 1 aliphatic heterocycles. The second kappa shape index (κ2) is 10.1. The first kappa shape index (κ1) is 21.7. The zero-order chi connectivity index (χ0) is 20.7. The molecule has 0 aromatic heterocycles. The van der Waals surface area contributed by atoms with E-state index in [0.29, 0.717) is 42.3 Å². The normalized spacial score (nSPS) is 14.1. The Morgan fingerprint density at radius 2 is 1.82 bits per heavy atom. The number of nitrogens with zero attached hydrogens (tertiary/aromatic N) is 2. The van der Waals surface area contributed by atoms with Gasteiger partial charge in [0.1, 0.15) is 5.70 Å². The topological polar surface area (TPSA) is 88.5 Å². The van der Waals surface area contributed by atoms with Crippen molar-refractivity contribution in [2.24, 2.45) is 0 Å². The van der Waals surface area contributed by atoms with Gasteiger partial charge in [-0.25, -0.2) is 0 Å². The van der Waals surface area contributed by atoms with Crippen LogP contribution in [-0.4, -0.2) is 80.9 Å². The van der Waals surface area contributed by atoms with Crippen molar-refractivity contribution >= 4 is 17.4 Å². The van der Waals surface area contributed by atoms with Crippen molar-refractivity contribution in [3.63, 3.8) is 0 Å². The van der Waals surface area contributed by atoms with E-state index in [4.69, 9.17) is 14.2 Å². The molecule has 1 N–H and O–H groups in total. The average molecular weight is 392 g/mol. The van der Waals surface area contributed by atoms with Crippen LogP contribution < -0.4 is 9.47 Å². The van der Waals surface area contributed by atoms with E-state index in [2.05, 4.69) is 0 Å². The van der Waals surface area contributed by atoms with Crippen molar-refractivity contribution in [1.29, 1.82) is 0 Å². The zero-order valence-corrected chi connectivity index (χ0v) is 16.9. The second-order valence-electron chi connectivity index (χ2n) is 6.25. The van der Waals surface area contributed by atoms with E-state index in [-0.39, 0.29) is 37.2 Å². The summed E-state index contributed by atoms with van der Waals surface area (Å²) in [6.45, 7) is 3.32. The summed E-state index contributed by atoms with van der Waals surface area (Å²) in [4.78, 5) is 28.9. The molecular weight excluding hydrogens is 364 g/mol. The van der Waals surface area contributed by atoms with Gasteiger partial charge in [-0.15, -0.1) is 0 Å². The quantitative estimate of drug-likeness (QED) is 0.446. The number of hydrogen-bond acceptors (Lipinski definition) is 7. The molecule has 0 unspecified atom stereocenters. The Morgan fingerprint density at radius 3 is 2.43 bits per heavy atom. The molecule has 2 rings (SSSR count). The number of rotatable bonds is 11. The molecule has 0 bridgehead atoms. The van der Waals surface area contributed by atoms with E-state index in [1.54, 1.807) is 30.1 Å². The van der Waals surface area contributed by atoms with E-state index >= 15 is 0 Å².